The van der Waals surface area contributed by atoms with Gasteiger partial charge in [0.25, 0.3) is 0 Å². The van der Waals surface area contributed by atoms with E-state index in [1.807, 2.05) is 6.92 Å². The SMILES string of the molecule is CCCC(CCC(C)CC)CN1CCN(c2ccc(C(=O)CC)c(CC)c2)CC1. The third-order valence-corrected chi connectivity index (χ3v) is 6.81. The molecule has 0 radical (unpaired) electrons. The van der Waals surface area contributed by atoms with Gasteiger partial charge >= 0.3 is 0 Å². The van der Waals surface area contributed by atoms with Crippen molar-refractivity contribution < 1.29 is 4.79 Å². The molecule has 1 aliphatic heterocycles. The maximum absolute atomic E-state index is 12.2. The summed E-state index contributed by atoms with van der Waals surface area (Å²) in [6.07, 6.45) is 8.24. The summed E-state index contributed by atoms with van der Waals surface area (Å²) in [6.45, 7) is 16.9. The Labute approximate surface area is 179 Å². The van der Waals surface area contributed by atoms with Gasteiger partial charge in [0.05, 0.1) is 0 Å². The predicted molar refractivity (Wildman–Crippen MR) is 126 cm³/mol. The second-order valence-electron chi connectivity index (χ2n) is 9.00. The van der Waals surface area contributed by atoms with Crippen molar-refractivity contribution in [2.45, 2.75) is 79.6 Å². The monoisotopic (exact) mass is 400 g/mol. The van der Waals surface area contributed by atoms with Crippen LogP contribution in [0.15, 0.2) is 18.2 Å². The number of ketones is 1. The average Bonchev–Trinajstić information content (AvgIpc) is 2.76. The molecule has 0 aliphatic carbocycles. The molecular formula is C26H44N2O. The molecule has 3 nitrogen and oxygen atoms in total. The van der Waals surface area contributed by atoms with E-state index >= 15 is 0 Å². The Morgan fingerprint density at radius 3 is 2.31 bits per heavy atom. The van der Waals surface area contributed by atoms with Crippen molar-refractivity contribution in [2.24, 2.45) is 11.8 Å². The maximum Gasteiger partial charge on any atom is 0.162 e. The fraction of sp³-hybridized carbons (Fsp3) is 0.731. The lowest BCUT2D eigenvalue weighted by molar-refractivity contribution is 0.0987. The van der Waals surface area contributed by atoms with Crippen molar-refractivity contribution >= 4 is 11.5 Å². The highest BCUT2D eigenvalue weighted by molar-refractivity contribution is 5.97. The van der Waals surface area contributed by atoms with Gasteiger partial charge in [0.15, 0.2) is 5.78 Å². The van der Waals surface area contributed by atoms with Crippen LogP contribution in [0.2, 0.25) is 0 Å². The molecule has 2 atom stereocenters. The molecule has 1 saturated heterocycles. The number of carbonyl (C=O) groups excluding carboxylic acids is 1. The summed E-state index contributed by atoms with van der Waals surface area (Å²) in [7, 11) is 0. The van der Waals surface area contributed by atoms with E-state index in [1.54, 1.807) is 0 Å². The molecule has 0 spiro atoms. The molecule has 0 bridgehead atoms. The van der Waals surface area contributed by atoms with Gasteiger partial charge < -0.3 is 4.90 Å². The highest BCUT2D eigenvalue weighted by Crippen LogP contribution is 2.24. The number of anilines is 1. The molecular weight excluding hydrogens is 356 g/mol. The first kappa shape index (κ1) is 23.9. The maximum atomic E-state index is 12.2. The molecule has 1 aliphatic rings. The molecule has 29 heavy (non-hydrogen) atoms. The second-order valence-corrected chi connectivity index (χ2v) is 9.00. The number of hydrogen-bond acceptors (Lipinski definition) is 3. The molecule has 1 aromatic rings. The number of rotatable bonds is 12. The molecule has 2 rings (SSSR count). The Morgan fingerprint density at radius 2 is 1.72 bits per heavy atom. The van der Waals surface area contributed by atoms with Crippen LogP contribution in [0.1, 0.15) is 89.1 Å². The van der Waals surface area contributed by atoms with E-state index in [2.05, 4.69) is 55.7 Å². The smallest absolute Gasteiger partial charge is 0.162 e. The first-order chi connectivity index (χ1) is 14.0. The molecule has 3 heteroatoms. The summed E-state index contributed by atoms with van der Waals surface area (Å²) in [5.41, 5.74) is 3.40. The molecule has 1 aromatic carbocycles. The molecule has 1 heterocycles. The zero-order valence-electron chi connectivity index (χ0n) is 19.7. The first-order valence-electron chi connectivity index (χ1n) is 12.2. The molecule has 0 aromatic heterocycles. The number of piperazine rings is 1. The Hall–Kier alpha value is -1.35. The molecule has 0 saturated carbocycles. The largest absolute Gasteiger partial charge is 0.369 e. The topological polar surface area (TPSA) is 23.6 Å². The summed E-state index contributed by atoms with van der Waals surface area (Å²) < 4.78 is 0. The number of aryl methyl sites for hydroxylation is 1. The van der Waals surface area contributed by atoms with Gasteiger partial charge in [-0.25, -0.2) is 0 Å². The second kappa shape index (κ2) is 12.4. The van der Waals surface area contributed by atoms with Crippen molar-refractivity contribution in [3.8, 4) is 0 Å². The van der Waals surface area contributed by atoms with Gasteiger partial charge in [-0.05, 0) is 54.9 Å². The van der Waals surface area contributed by atoms with E-state index in [1.165, 1.54) is 49.9 Å². The van der Waals surface area contributed by atoms with E-state index in [-0.39, 0.29) is 5.78 Å². The van der Waals surface area contributed by atoms with E-state index in [0.717, 1.165) is 50.0 Å². The van der Waals surface area contributed by atoms with Crippen LogP contribution in [0, 0.1) is 11.8 Å². The number of carbonyl (C=O) groups is 1. The lowest BCUT2D eigenvalue weighted by Gasteiger charge is -2.38. The number of hydrogen-bond donors (Lipinski definition) is 0. The molecule has 0 N–H and O–H groups in total. The number of benzene rings is 1. The fourth-order valence-electron chi connectivity index (χ4n) is 4.55. The van der Waals surface area contributed by atoms with Gasteiger partial charge in [-0.3, -0.25) is 9.69 Å². The Morgan fingerprint density at radius 1 is 1.00 bits per heavy atom. The zero-order chi connectivity index (χ0) is 21.2. The van der Waals surface area contributed by atoms with Crippen molar-refractivity contribution in [2.75, 3.05) is 37.6 Å². The number of nitrogens with zero attached hydrogens (tertiary/aromatic N) is 2. The Balaban J connectivity index is 1.91. The lowest BCUT2D eigenvalue weighted by Crippen LogP contribution is -2.47. The van der Waals surface area contributed by atoms with Crippen LogP contribution in [-0.2, 0) is 6.42 Å². The van der Waals surface area contributed by atoms with Gasteiger partial charge in [0.2, 0.25) is 0 Å². The van der Waals surface area contributed by atoms with E-state index < -0.39 is 0 Å². The third-order valence-electron chi connectivity index (χ3n) is 6.81. The minimum atomic E-state index is 0.262. The van der Waals surface area contributed by atoms with Crippen LogP contribution in [0.4, 0.5) is 5.69 Å². The van der Waals surface area contributed by atoms with Crippen LogP contribution in [0.5, 0.6) is 0 Å². The summed E-state index contributed by atoms with van der Waals surface area (Å²) in [4.78, 5) is 17.4. The summed E-state index contributed by atoms with van der Waals surface area (Å²) >= 11 is 0. The van der Waals surface area contributed by atoms with Gasteiger partial charge in [-0.1, -0.05) is 53.9 Å². The summed E-state index contributed by atoms with van der Waals surface area (Å²) in [6, 6.07) is 6.47. The van der Waals surface area contributed by atoms with Crippen molar-refractivity contribution in [1.29, 1.82) is 0 Å². The first-order valence-corrected chi connectivity index (χ1v) is 12.2. The molecule has 0 amide bonds. The van der Waals surface area contributed by atoms with Gasteiger partial charge in [0.1, 0.15) is 0 Å². The van der Waals surface area contributed by atoms with Crippen LogP contribution in [0.3, 0.4) is 0 Å². The van der Waals surface area contributed by atoms with E-state index in [4.69, 9.17) is 0 Å². The van der Waals surface area contributed by atoms with Crippen molar-refractivity contribution in [1.82, 2.24) is 4.90 Å². The van der Waals surface area contributed by atoms with Gasteiger partial charge in [-0.2, -0.15) is 0 Å². The minimum Gasteiger partial charge on any atom is -0.369 e. The Bertz CT molecular complexity index is 619. The van der Waals surface area contributed by atoms with Crippen LogP contribution in [0.25, 0.3) is 0 Å². The van der Waals surface area contributed by atoms with E-state index in [0.29, 0.717) is 6.42 Å². The van der Waals surface area contributed by atoms with Crippen molar-refractivity contribution in [3.63, 3.8) is 0 Å². The molecule has 2 unspecified atom stereocenters. The molecule has 164 valence electrons. The van der Waals surface area contributed by atoms with Crippen LogP contribution >= 0.6 is 0 Å². The van der Waals surface area contributed by atoms with Gasteiger partial charge in [-0.15, -0.1) is 0 Å². The zero-order valence-corrected chi connectivity index (χ0v) is 19.7. The quantitative estimate of drug-likeness (QED) is 0.390. The van der Waals surface area contributed by atoms with Gasteiger partial charge in [0, 0.05) is 50.4 Å². The van der Waals surface area contributed by atoms with Crippen LogP contribution in [-0.4, -0.2) is 43.4 Å². The lowest BCUT2D eigenvalue weighted by atomic mass is 9.91. The average molecular weight is 401 g/mol. The summed E-state index contributed by atoms with van der Waals surface area (Å²) in [5.74, 6) is 1.98. The molecule has 1 fully saturated rings. The standard InChI is InChI=1S/C26H44N2O/c1-6-10-22(12-11-21(5)7-2)20-27-15-17-28(18-16-27)24-13-14-25(26(29)9-4)23(8-3)19-24/h13-14,19,21-22H,6-12,15-18,20H2,1-5H3. The van der Waals surface area contributed by atoms with Crippen LogP contribution < -0.4 is 4.90 Å². The fourth-order valence-corrected chi connectivity index (χ4v) is 4.55. The summed E-state index contributed by atoms with van der Waals surface area (Å²) in [5, 5.41) is 0. The highest BCUT2D eigenvalue weighted by Gasteiger charge is 2.21. The van der Waals surface area contributed by atoms with E-state index in [9.17, 15) is 4.79 Å². The normalized spacial score (nSPS) is 17.3. The van der Waals surface area contributed by atoms with Crippen molar-refractivity contribution in [3.05, 3.63) is 29.3 Å². The minimum absolute atomic E-state index is 0.262. The highest BCUT2D eigenvalue weighted by atomic mass is 16.1. The Kier molecular flexibility index (Phi) is 10.2. The number of Topliss-reactive ketones (excluding diaryl/α,β-unsaturated/α-hetero) is 1. The third kappa shape index (κ3) is 7.13. The predicted octanol–water partition coefficient (Wildman–Crippen LogP) is 6.21.